The summed E-state index contributed by atoms with van der Waals surface area (Å²) in [6.07, 6.45) is 1.07. The summed E-state index contributed by atoms with van der Waals surface area (Å²) in [7, 11) is 4.38. The van der Waals surface area contributed by atoms with E-state index in [1.165, 1.54) is 34.3 Å². The number of aromatic hydroxyl groups is 1. The lowest BCUT2D eigenvalue weighted by molar-refractivity contribution is -0.119. The molecule has 0 saturated carbocycles. The molecule has 0 radical (unpaired) electrons. The van der Waals surface area contributed by atoms with Gasteiger partial charge in [-0.05, 0) is 47.7 Å². The van der Waals surface area contributed by atoms with Crippen molar-refractivity contribution >= 4 is 5.91 Å². The number of benzene rings is 1. The number of phenols is 1. The van der Waals surface area contributed by atoms with Gasteiger partial charge in [0.1, 0.15) is 0 Å². The van der Waals surface area contributed by atoms with E-state index in [0.29, 0.717) is 24.2 Å². The number of fused-ring (bicyclic) bond motifs is 3. The second-order valence-corrected chi connectivity index (χ2v) is 6.56. The van der Waals surface area contributed by atoms with Crippen molar-refractivity contribution in [3.8, 4) is 34.1 Å². The molecule has 0 fully saturated rings. The van der Waals surface area contributed by atoms with Crippen LogP contribution in [0.4, 0.5) is 0 Å². The molecule has 0 bridgehead atoms. The van der Waals surface area contributed by atoms with Crippen molar-refractivity contribution < 1.29 is 24.1 Å². The number of amides is 1. The summed E-state index contributed by atoms with van der Waals surface area (Å²) in [4.78, 5) is 24.3. The number of carbonyl (C=O) groups excluding carboxylic acids is 1. The van der Waals surface area contributed by atoms with Crippen LogP contribution < -0.4 is 25.0 Å². The third-order valence-corrected chi connectivity index (χ3v) is 4.93. The lowest BCUT2D eigenvalue weighted by atomic mass is 9.96. The van der Waals surface area contributed by atoms with E-state index in [0.717, 1.165) is 16.7 Å². The van der Waals surface area contributed by atoms with Crippen molar-refractivity contribution in [2.45, 2.75) is 25.8 Å². The van der Waals surface area contributed by atoms with Crippen LogP contribution in [0.3, 0.4) is 0 Å². The second-order valence-electron chi connectivity index (χ2n) is 6.56. The predicted molar refractivity (Wildman–Crippen MR) is 104 cm³/mol. The van der Waals surface area contributed by atoms with Crippen LogP contribution in [0.5, 0.6) is 23.0 Å². The molecular weight excluding hydrogens is 362 g/mol. The van der Waals surface area contributed by atoms with Crippen LogP contribution >= 0.6 is 0 Å². The lowest BCUT2D eigenvalue weighted by Crippen LogP contribution is -2.26. The zero-order valence-corrected chi connectivity index (χ0v) is 16.3. The molecule has 0 heterocycles. The molecule has 0 aromatic heterocycles. The number of hydrogen-bond acceptors (Lipinski definition) is 6. The van der Waals surface area contributed by atoms with Crippen LogP contribution in [-0.2, 0) is 11.2 Å². The third kappa shape index (κ3) is 3.35. The molecule has 1 aliphatic carbocycles. The van der Waals surface area contributed by atoms with Gasteiger partial charge in [0.15, 0.2) is 17.2 Å². The molecule has 0 spiro atoms. The Bertz CT molecular complexity index is 985. The van der Waals surface area contributed by atoms with Gasteiger partial charge in [-0.3, -0.25) is 9.59 Å². The molecule has 1 atom stereocenters. The molecule has 0 saturated heterocycles. The zero-order valence-electron chi connectivity index (χ0n) is 16.3. The van der Waals surface area contributed by atoms with Gasteiger partial charge in [-0.2, -0.15) is 0 Å². The fourth-order valence-corrected chi connectivity index (χ4v) is 3.70. The molecule has 1 aliphatic rings. The topological polar surface area (TPSA) is 94.1 Å². The largest absolute Gasteiger partial charge is 0.502 e. The predicted octanol–water partition coefficient (Wildman–Crippen LogP) is 2.57. The normalized spacial score (nSPS) is 14.9. The number of rotatable bonds is 4. The van der Waals surface area contributed by atoms with Gasteiger partial charge in [-0.25, -0.2) is 0 Å². The number of hydrogen-bond donors (Lipinski definition) is 2. The number of nitrogens with one attached hydrogen (secondary N) is 1. The molecule has 1 amide bonds. The molecule has 3 rings (SSSR count). The first-order chi connectivity index (χ1) is 13.4. The Labute approximate surface area is 162 Å². The summed E-state index contributed by atoms with van der Waals surface area (Å²) in [5.41, 5.74) is 2.69. The van der Waals surface area contributed by atoms with Crippen LogP contribution in [0.25, 0.3) is 11.1 Å². The molecule has 2 N–H and O–H groups in total. The van der Waals surface area contributed by atoms with Crippen molar-refractivity contribution in [1.82, 2.24) is 5.32 Å². The van der Waals surface area contributed by atoms with Crippen LogP contribution in [-0.4, -0.2) is 32.3 Å². The van der Waals surface area contributed by atoms with Crippen molar-refractivity contribution in [3.05, 3.63) is 45.6 Å². The average molecular weight is 385 g/mol. The SMILES string of the molecule is COc1cc2c(c(OC)c1O)CCC(NC(C)=O)c1cc(=O)c(OC)ccc1-2. The fourth-order valence-electron chi connectivity index (χ4n) is 3.70. The van der Waals surface area contributed by atoms with E-state index in [2.05, 4.69) is 5.32 Å². The van der Waals surface area contributed by atoms with Gasteiger partial charge < -0.3 is 24.6 Å². The lowest BCUT2D eigenvalue weighted by Gasteiger charge is -2.17. The first kappa shape index (κ1) is 19.5. The van der Waals surface area contributed by atoms with E-state index in [1.54, 1.807) is 18.2 Å². The van der Waals surface area contributed by atoms with Gasteiger partial charge in [0.05, 0.1) is 27.4 Å². The van der Waals surface area contributed by atoms with Crippen LogP contribution in [0.1, 0.15) is 30.5 Å². The number of phenolic OH excluding ortho intramolecular Hbond substituents is 1. The van der Waals surface area contributed by atoms with Gasteiger partial charge in [-0.1, -0.05) is 6.07 Å². The first-order valence-electron chi connectivity index (χ1n) is 8.87. The number of carbonyl (C=O) groups is 1. The second kappa shape index (κ2) is 7.80. The highest BCUT2D eigenvalue weighted by Gasteiger charge is 2.28. The first-order valence-corrected chi connectivity index (χ1v) is 8.87. The third-order valence-electron chi connectivity index (χ3n) is 4.93. The van der Waals surface area contributed by atoms with Crippen LogP contribution in [0.2, 0.25) is 0 Å². The van der Waals surface area contributed by atoms with E-state index in [1.807, 2.05) is 0 Å². The molecule has 148 valence electrons. The van der Waals surface area contributed by atoms with E-state index >= 15 is 0 Å². The maximum Gasteiger partial charge on any atom is 0.220 e. The fraction of sp³-hybridized carbons (Fsp3) is 0.333. The quantitative estimate of drug-likeness (QED) is 0.840. The molecule has 1 unspecified atom stereocenters. The summed E-state index contributed by atoms with van der Waals surface area (Å²) >= 11 is 0. The molecule has 28 heavy (non-hydrogen) atoms. The minimum absolute atomic E-state index is 0.0781. The van der Waals surface area contributed by atoms with E-state index in [9.17, 15) is 14.7 Å². The van der Waals surface area contributed by atoms with Gasteiger partial charge in [0, 0.05) is 12.5 Å². The van der Waals surface area contributed by atoms with Crippen LogP contribution in [0.15, 0.2) is 29.1 Å². The molecule has 7 nitrogen and oxygen atoms in total. The highest BCUT2D eigenvalue weighted by molar-refractivity contribution is 5.80. The Morgan fingerprint density at radius 3 is 2.39 bits per heavy atom. The number of ether oxygens (including phenoxy) is 3. The Morgan fingerprint density at radius 1 is 1.07 bits per heavy atom. The Kier molecular flexibility index (Phi) is 5.44. The molecule has 2 aromatic carbocycles. The maximum absolute atomic E-state index is 12.6. The Balaban J connectivity index is 2.38. The van der Waals surface area contributed by atoms with Crippen molar-refractivity contribution in [2.75, 3.05) is 21.3 Å². The van der Waals surface area contributed by atoms with E-state index < -0.39 is 0 Å². The Morgan fingerprint density at radius 2 is 1.79 bits per heavy atom. The van der Waals surface area contributed by atoms with Crippen LogP contribution in [0, 0.1) is 0 Å². The summed E-state index contributed by atoms with van der Waals surface area (Å²) < 4.78 is 15.9. The zero-order chi connectivity index (χ0) is 20.4. The van der Waals surface area contributed by atoms with Gasteiger partial charge in [0.2, 0.25) is 17.1 Å². The summed E-state index contributed by atoms with van der Waals surface area (Å²) in [6, 6.07) is 6.23. The van der Waals surface area contributed by atoms with Crippen molar-refractivity contribution in [2.24, 2.45) is 0 Å². The van der Waals surface area contributed by atoms with Gasteiger partial charge in [-0.15, -0.1) is 0 Å². The average Bonchev–Trinajstić information content (AvgIpc) is 2.90. The molecular formula is C21H23NO6. The summed E-state index contributed by atoms with van der Waals surface area (Å²) in [5, 5.41) is 13.4. The number of methoxy groups -OCH3 is 3. The summed E-state index contributed by atoms with van der Waals surface area (Å²) in [6.45, 7) is 1.44. The minimum Gasteiger partial charge on any atom is -0.502 e. The highest BCUT2D eigenvalue weighted by atomic mass is 16.5. The Hall–Kier alpha value is -3.22. The van der Waals surface area contributed by atoms with Gasteiger partial charge >= 0.3 is 0 Å². The molecule has 2 aromatic rings. The van der Waals surface area contributed by atoms with Gasteiger partial charge in [0.25, 0.3) is 0 Å². The standard InChI is InChI=1S/C21H23NO6/c1-11(23)22-16-7-5-13-14(10-19(27-3)20(25)21(13)28-4)12-6-8-18(26-2)17(24)9-15(12)16/h6,8-10,16,25H,5,7H2,1-4H3,(H,22,23). The monoisotopic (exact) mass is 385 g/mol. The molecule has 0 aliphatic heterocycles. The van der Waals surface area contributed by atoms with Crippen molar-refractivity contribution in [1.29, 1.82) is 0 Å². The highest BCUT2D eigenvalue weighted by Crippen LogP contribution is 2.48. The maximum atomic E-state index is 12.6. The van der Waals surface area contributed by atoms with E-state index in [4.69, 9.17) is 14.2 Å². The van der Waals surface area contributed by atoms with Crippen molar-refractivity contribution in [3.63, 3.8) is 0 Å². The van der Waals surface area contributed by atoms with E-state index in [-0.39, 0.29) is 34.6 Å². The smallest absolute Gasteiger partial charge is 0.220 e. The minimum atomic E-state index is -0.373. The summed E-state index contributed by atoms with van der Waals surface area (Å²) in [5.74, 6) is 0.518. The molecule has 7 heteroatoms.